The van der Waals surface area contributed by atoms with Crippen molar-refractivity contribution in [1.29, 1.82) is 0 Å². The van der Waals surface area contributed by atoms with Crippen LogP contribution in [0.15, 0.2) is 24.3 Å². The summed E-state index contributed by atoms with van der Waals surface area (Å²) in [6.45, 7) is 2.13. The van der Waals surface area contributed by atoms with Crippen LogP contribution in [0.3, 0.4) is 0 Å². The summed E-state index contributed by atoms with van der Waals surface area (Å²) in [5.41, 5.74) is -0.829. The smallest absolute Gasteiger partial charge is 0.333 e. The number of rotatable bonds is 24. The molecule has 0 aliphatic carbocycles. The Morgan fingerprint density at radius 1 is 0.676 bits per heavy atom. The fourth-order valence-corrected chi connectivity index (χ4v) is 3.50. The number of hydrogen-bond acceptors (Lipinski definition) is 6. The average molecular weight is 485 g/mol. The molecule has 0 aromatic heterocycles. The van der Waals surface area contributed by atoms with Crippen molar-refractivity contribution in [3.8, 4) is 0 Å². The number of unbranched alkanes of at least 4 members (excludes halogenated alkanes) is 12. The molecule has 0 unspecified atom stereocenters. The molecule has 0 saturated heterocycles. The predicted octanol–water partition coefficient (Wildman–Crippen LogP) is 4.93. The van der Waals surface area contributed by atoms with Gasteiger partial charge in [-0.3, -0.25) is 4.79 Å². The third kappa shape index (κ3) is 17.7. The second-order valence-electron chi connectivity index (χ2n) is 9.34. The predicted molar refractivity (Wildman–Crippen MR) is 134 cm³/mol. The minimum Gasteiger partial charge on any atom is -0.481 e. The SMILES string of the molecule is C=C(CCCCCCCCCC=CCCCCCCCC(=O)O)C(=O)OCC(CO)(CO)CO. The van der Waals surface area contributed by atoms with Crippen LogP contribution in [-0.2, 0) is 14.3 Å². The highest BCUT2D eigenvalue weighted by Crippen LogP contribution is 2.18. The molecule has 7 heteroatoms. The van der Waals surface area contributed by atoms with Gasteiger partial charge in [0.15, 0.2) is 0 Å². The number of carbonyl (C=O) groups excluding carboxylic acids is 1. The summed E-state index contributed by atoms with van der Waals surface area (Å²) in [4.78, 5) is 22.4. The van der Waals surface area contributed by atoms with E-state index in [-0.39, 0.29) is 6.61 Å². The summed E-state index contributed by atoms with van der Waals surface area (Å²) in [7, 11) is 0. The van der Waals surface area contributed by atoms with Gasteiger partial charge in [0.05, 0.1) is 25.2 Å². The molecule has 0 atom stereocenters. The minimum absolute atomic E-state index is 0.236. The lowest BCUT2D eigenvalue weighted by Gasteiger charge is -2.26. The number of allylic oxidation sites excluding steroid dienone is 2. The minimum atomic E-state index is -1.21. The molecular formula is C27H48O7. The molecule has 0 aromatic carbocycles. The monoisotopic (exact) mass is 484 g/mol. The number of aliphatic hydroxyl groups is 3. The number of hydrogen-bond donors (Lipinski definition) is 4. The molecule has 0 fully saturated rings. The van der Waals surface area contributed by atoms with Crippen LogP contribution in [0.1, 0.15) is 103 Å². The van der Waals surface area contributed by atoms with E-state index in [0.717, 1.165) is 51.4 Å². The van der Waals surface area contributed by atoms with E-state index in [4.69, 9.17) is 9.84 Å². The van der Waals surface area contributed by atoms with Crippen LogP contribution in [-0.4, -0.2) is 58.8 Å². The number of ether oxygens (including phenoxy) is 1. The number of carbonyl (C=O) groups is 2. The molecule has 4 N–H and O–H groups in total. The molecule has 0 rings (SSSR count). The molecule has 0 amide bonds. The Morgan fingerprint density at radius 2 is 1.09 bits per heavy atom. The van der Waals surface area contributed by atoms with E-state index >= 15 is 0 Å². The largest absolute Gasteiger partial charge is 0.481 e. The standard InChI is InChI=1S/C27H48O7/c1-24(26(33)34-23-27(20-28,21-29)22-30)18-16-14-12-10-8-6-4-2-3-5-7-9-11-13-15-17-19-25(31)32/h3,5,28-30H,1-2,4,6-23H2,(H,31,32). The average Bonchev–Trinajstić information content (AvgIpc) is 2.84. The van der Waals surface area contributed by atoms with Gasteiger partial charge < -0.3 is 25.2 Å². The van der Waals surface area contributed by atoms with Gasteiger partial charge in [-0.2, -0.15) is 0 Å². The molecule has 0 aliphatic rings. The van der Waals surface area contributed by atoms with E-state index in [0.29, 0.717) is 18.4 Å². The first kappa shape index (κ1) is 32.3. The first-order valence-corrected chi connectivity index (χ1v) is 12.9. The van der Waals surface area contributed by atoms with Gasteiger partial charge in [0.25, 0.3) is 0 Å². The van der Waals surface area contributed by atoms with Crippen LogP contribution in [0.5, 0.6) is 0 Å². The zero-order valence-corrected chi connectivity index (χ0v) is 21.0. The molecule has 34 heavy (non-hydrogen) atoms. The molecule has 0 radical (unpaired) electrons. The highest BCUT2D eigenvalue weighted by molar-refractivity contribution is 5.87. The summed E-state index contributed by atoms with van der Waals surface area (Å²) in [5.74, 6) is -1.24. The molecular weight excluding hydrogens is 436 g/mol. The lowest BCUT2D eigenvalue weighted by atomic mass is 9.92. The van der Waals surface area contributed by atoms with E-state index in [1.807, 2.05) is 0 Å². The Hall–Kier alpha value is -1.70. The van der Waals surface area contributed by atoms with Gasteiger partial charge in [0.1, 0.15) is 6.61 Å². The summed E-state index contributed by atoms with van der Waals surface area (Å²) in [6, 6.07) is 0. The number of aliphatic hydroxyl groups excluding tert-OH is 3. The Morgan fingerprint density at radius 3 is 1.53 bits per heavy atom. The maximum atomic E-state index is 12.0. The highest BCUT2D eigenvalue weighted by Gasteiger charge is 2.30. The van der Waals surface area contributed by atoms with Crippen LogP contribution in [0.25, 0.3) is 0 Å². The van der Waals surface area contributed by atoms with Crippen molar-refractivity contribution in [3.63, 3.8) is 0 Å². The zero-order valence-electron chi connectivity index (χ0n) is 21.0. The van der Waals surface area contributed by atoms with E-state index in [9.17, 15) is 24.9 Å². The second-order valence-corrected chi connectivity index (χ2v) is 9.34. The Labute approximate surface area is 205 Å². The Balaban J connectivity index is 3.51. The third-order valence-electron chi connectivity index (χ3n) is 6.08. The number of aliphatic carboxylic acids is 1. The van der Waals surface area contributed by atoms with E-state index in [2.05, 4.69) is 18.7 Å². The van der Waals surface area contributed by atoms with Crippen molar-refractivity contribution in [2.24, 2.45) is 5.41 Å². The van der Waals surface area contributed by atoms with Crippen LogP contribution in [0.4, 0.5) is 0 Å². The van der Waals surface area contributed by atoms with Crippen molar-refractivity contribution >= 4 is 11.9 Å². The zero-order chi connectivity index (χ0) is 25.5. The molecule has 198 valence electrons. The highest BCUT2D eigenvalue weighted by atomic mass is 16.5. The lowest BCUT2D eigenvalue weighted by Crippen LogP contribution is -2.39. The first-order valence-electron chi connectivity index (χ1n) is 12.9. The fraction of sp³-hybridized carbons (Fsp3) is 0.778. The molecule has 0 saturated carbocycles. The van der Waals surface area contributed by atoms with Gasteiger partial charge in [-0.25, -0.2) is 4.79 Å². The van der Waals surface area contributed by atoms with Crippen molar-refractivity contribution in [1.82, 2.24) is 0 Å². The van der Waals surface area contributed by atoms with Crippen LogP contribution in [0, 0.1) is 5.41 Å². The van der Waals surface area contributed by atoms with E-state index in [1.54, 1.807) is 0 Å². The van der Waals surface area contributed by atoms with Gasteiger partial charge in [-0.05, 0) is 44.9 Å². The van der Waals surface area contributed by atoms with Crippen molar-refractivity contribution in [2.75, 3.05) is 26.4 Å². The molecule has 0 spiro atoms. The molecule has 7 nitrogen and oxygen atoms in total. The number of carboxylic acid groups (broad SMARTS) is 1. The van der Waals surface area contributed by atoms with Crippen LogP contribution >= 0.6 is 0 Å². The Bertz CT molecular complexity index is 559. The number of carboxylic acids is 1. The van der Waals surface area contributed by atoms with Crippen molar-refractivity contribution in [2.45, 2.75) is 103 Å². The third-order valence-corrected chi connectivity index (χ3v) is 6.08. The van der Waals surface area contributed by atoms with Gasteiger partial charge in [0.2, 0.25) is 0 Å². The van der Waals surface area contributed by atoms with E-state index in [1.165, 1.54) is 38.5 Å². The van der Waals surface area contributed by atoms with E-state index < -0.39 is 37.2 Å². The van der Waals surface area contributed by atoms with Gasteiger partial charge in [-0.15, -0.1) is 0 Å². The maximum absolute atomic E-state index is 12.0. The normalized spacial score (nSPS) is 11.7. The van der Waals surface area contributed by atoms with Gasteiger partial charge in [0, 0.05) is 12.0 Å². The molecule has 0 heterocycles. The van der Waals surface area contributed by atoms with Crippen molar-refractivity contribution in [3.05, 3.63) is 24.3 Å². The topological polar surface area (TPSA) is 124 Å². The molecule has 0 aliphatic heterocycles. The lowest BCUT2D eigenvalue weighted by molar-refractivity contribution is -0.147. The summed E-state index contributed by atoms with van der Waals surface area (Å²) in [6.07, 6.45) is 20.8. The maximum Gasteiger partial charge on any atom is 0.333 e. The summed E-state index contributed by atoms with van der Waals surface area (Å²) < 4.78 is 5.09. The van der Waals surface area contributed by atoms with Crippen LogP contribution in [0.2, 0.25) is 0 Å². The summed E-state index contributed by atoms with van der Waals surface area (Å²) >= 11 is 0. The molecule has 0 bridgehead atoms. The second kappa shape index (κ2) is 21.8. The fourth-order valence-electron chi connectivity index (χ4n) is 3.50. The quantitative estimate of drug-likeness (QED) is 0.0662. The number of esters is 1. The van der Waals surface area contributed by atoms with Gasteiger partial charge in [-0.1, -0.05) is 70.1 Å². The summed E-state index contributed by atoms with van der Waals surface area (Å²) in [5, 5.41) is 36.4. The van der Waals surface area contributed by atoms with Crippen LogP contribution < -0.4 is 0 Å². The Kier molecular flexibility index (Phi) is 20.7. The van der Waals surface area contributed by atoms with Gasteiger partial charge >= 0.3 is 11.9 Å². The van der Waals surface area contributed by atoms with Crippen molar-refractivity contribution < 1.29 is 34.8 Å². The first-order chi connectivity index (χ1) is 16.4. The molecule has 0 aromatic rings.